The van der Waals surface area contributed by atoms with Crippen LogP contribution in [0.2, 0.25) is 0 Å². The molecule has 0 aliphatic rings. The fourth-order valence-electron chi connectivity index (χ4n) is 0.416. The Balaban J connectivity index is 3.33. The van der Waals surface area contributed by atoms with E-state index in [1.165, 1.54) is 0 Å². The number of amides is 4. The summed E-state index contributed by atoms with van der Waals surface area (Å²) < 4.78 is 0. The van der Waals surface area contributed by atoms with Crippen LogP contribution < -0.4 is 22.1 Å². The molecule has 6 heteroatoms. The molecule has 0 aromatic rings. The molecule has 0 spiro atoms. The molecule has 0 aliphatic heterocycles. The smallest absolute Gasteiger partial charge is 0.323 e. The first-order valence-corrected chi connectivity index (χ1v) is 3.19. The number of urea groups is 2. The van der Waals surface area contributed by atoms with Crippen LogP contribution in [-0.2, 0) is 0 Å². The van der Waals surface area contributed by atoms with Gasteiger partial charge in [0.1, 0.15) is 0 Å². The van der Waals surface area contributed by atoms with Gasteiger partial charge in [-0.15, -0.1) is 0 Å². The lowest BCUT2D eigenvalue weighted by molar-refractivity contribution is 0.249. The number of hydrogen-bond acceptors (Lipinski definition) is 2. The molecule has 0 saturated carbocycles. The van der Waals surface area contributed by atoms with Crippen molar-refractivity contribution in [2.75, 3.05) is 6.54 Å². The van der Waals surface area contributed by atoms with Gasteiger partial charge in [0.25, 0.3) is 0 Å². The summed E-state index contributed by atoms with van der Waals surface area (Å²) in [5, 5.41) is 4.39. The highest BCUT2D eigenvalue weighted by Crippen LogP contribution is 1.69. The van der Waals surface area contributed by atoms with Crippen LogP contribution in [0.3, 0.4) is 0 Å². The lowest BCUT2D eigenvalue weighted by Crippen LogP contribution is -2.30. The fourth-order valence-corrected chi connectivity index (χ4v) is 0.416. The van der Waals surface area contributed by atoms with Gasteiger partial charge >= 0.3 is 12.1 Å². The standard InChI is InChI=1S/C6H10N4O2/c7-5(11)9-3-1-2-4-10-6(8)12/h1,3H2,(H3,7,9,11)(H3,8,10,12). The molecular formula is C6H10N4O2. The summed E-state index contributed by atoms with van der Waals surface area (Å²) in [6.07, 6.45) is 0.406. The minimum absolute atomic E-state index is 0.350. The third-order valence-corrected chi connectivity index (χ3v) is 0.823. The minimum Gasteiger partial charge on any atom is -0.352 e. The number of rotatable bonds is 2. The maximum atomic E-state index is 10.1. The molecule has 0 aliphatic carbocycles. The van der Waals surface area contributed by atoms with Gasteiger partial charge in [-0.05, 0) is 0 Å². The average Bonchev–Trinajstić information content (AvgIpc) is 1.95. The van der Waals surface area contributed by atoms with Crippen molar-refractivity contribution in [2.45, 2.75) is 6.42 Å². The summed E-state index contributed by atoms with van der Waals surface area (Å²) in [5.41, 5.74) is 9.48. The van der Waals surface area contributed by atoms with Crippen LogP contribution in [-0.4, -0.2) is 18.6 Å². The van der Waals surface area contributed by atoms with Crippen molar-refractivity contribution >= 4 is 12.1 Å². The van der Waals surface area contributed by atoms with E-state index in [4.69, 9.17) is 11.5 Å². The molecule has 6 N–H and O–H groups in total. The van der Waals surface area contributed by atoms with Gasteiger partial charge in [0.15, 0.2) is 0 Å². The summed E-state index contributed by atoms with van der Waals surface area (Å²) in [4.78, 5) is 20.2. The molecule has 4 amide bonds. The maximum absolute atomic E-state index is 10.1. The average molecular weight is 170 g/mol. The molecule has 12 heavy (non-hydrogen) atoms. The van der Waals surface area contributed by atoms with Gasteiger partial charge in [0.05, 0.1) is 0 Å². The van der Waals surface area contributed by atoms with Crippen molar-refractivity contribution in [3.05, 3.63) is 0 Å². The lowest BCUT2D eigenvalue weighted by Gasteiger charge is -1.94. The van der Waals surface area contributed by atoms with Crippen molar-refractivity contribution in [2.24, 2.45) is 11.5 Å². The number of primary amides is 2. The zero-order valence-corrected chi connectivity index (χ0v) is 6.39. The van der Waals surface area contributed by atoms with Crippen LogP contribution in [0.1, 0.15) is 6.42 Å². The van der Waals surface area contributed by atoms with Gasteiger partial charge in [-0.2, -0.15) is 0 Å². The summed E-state index contributed by atoms with van der Waals surface area (Å²) >= 11 is 0. The highest BCUT2D eigenvalue weighted by atomic mass is 16.2. The van der Waals surface area contributed by atoms with E-state index in [1.54, 1.807) is 0 Å². The first-order chi connectivity index (χ1) is 5.63. The second-order valence-corrected chi connectivity index (χ2v) is 1.83. The van der Waals surface area contributed by atoms with Crippen molar-refractivity contribution in [3.63, 3.8) is 0 Å². The molecule has 66 valence electrons. The Hall–Kier alpha value is -1.90. The predicted octanol–water partition coefficient (Wildman–Crippen LogP) is -1.33. The zero-order chi connectivity index (χ0) is 9.40. The Bertz CT molecular complexity index is 227. The second-order valence-electron chi connectivity index (χ2n) is 1.83. The molecule has 0 aromatic heterocycles. The molecule has 0 aromatic carbocycles. The third kappa shape index (κ3) is 8.10. The van der Waals surface area contributed by atoms with Gasteiger partial charge in [0.2, 0.25) is 0 Å². The molecule has 0 rings (SSSR count). The largest absolute Gasteiger partial charge is 0.352 e. The Morgan fingerprint density at radius 3 is 2.42 bits per heavy atom. The van der Waals surface area contributed by atoms with Gasteiger partial charge in [-0.25, -0.2) is 9.59 Å². The van der Waals surface area contributed by atoms with Crippen molar-refractivity contribution in [1.82, 2.24) is 10.6 Å². The summed E-state index contributed by atoms with van der Waals surface area (Å²) in [6, 6.07) is 0.991. The Morgan fingerprint density at radius 1 is 1.25 bits per heavy atom. The number of carbonyl (C=O) groups is 2. The third-order valence-electron chi connectivity index (χ3n) is 0.823. The number of hydrogen-bond donors (Lipinski definition) is 4. The van der Waals surface area contributed by atoms with E-state index in [2.05, 4.69) is 22.6 Å². The van der Waals surface area contributed by atoms with Crippen molar-refractivity contribution < 1.29 is 9.59 Å². The highest BCUT2D eigenvalue weighted by molar-refractivity contribution is 5.73. The molecule has 0 saturated heterocycles. The molecule has 0 radical (unpaired) electrons. The SMILES string of the molecule is NC(=O)NC#CCCNC(N)=O. The maximum Gasteiger partial charge on any atom is 0.323 e. The number of carbonyl (C=O) groups excluding carboxylic acids is 2. The molecule has 0 unspecified atom stereocenters. The lowest BCUT2D eigenvalue weighted by atomic mass is 10.4. The van der Waals surface area contributed by atoms with Crippen LogP contribution in [0, 0.1) is 12.0 Å². The van der Waals surface area contributed by atoms with Gasteiger partial charge in [-0.3, -0.25) is 5.32 Å². The van der Waals surface area contributed by atoms with Crippen molar-refractivity contribution in [1.29, 1.82) is 0 Å². The Labute approximate surface area is 69.7 Å². The van der Waals surface area contributed by atoms with Gasteiger partial charge in [-0.1, -0.05) is 5.92 Å². The van der Waals surface area contributed by atoms with E-state index in [-0.39, 0.29) is 0 Å². The molecular weight excluding hydrogens is 160 g/mol. The minimum atomic E-state index is -0.703. The highest BCUT2D eigenvalue weighted by Gasteiger charge is 1.87. The molecule has 0 bridgehead atoms. The first kappa shape index (κ1) is 10.1. The number of nitrogens with two attached hydrogens (primary N) is 2. The van der Waals surface area contributed by atoms with Crippen molar-refractivity contribution in [3.8, 4) is 12.0 Å². The van der Waals surface area contributed by atoms with E-state index in [0.717, 1.165) is 0 Å². The summed E-state index contributed by atoms with van der Waals surface area (Å²) in [5.74, 6) is 2.54. The van der Waals surface area contributed by atoms with E-state index in [1.807, 2.05) is 0 Å². The van der Waals surface area contributed by atoms with E-state index in [0.29, 0.717) is 13.0 Å². The Morgan fingerprint density at radius 2 is 1.92 bits per heavy atom. The summed E-state index contributed by atoms with van der Waals surface area (Å²) in [6.45, 7) is 0.350. The zero-order valence-electron chi connectivity index (χ0n) is 6.39. The van der Waals surface area contributed by atoms with Crippen LogP contribution >= 0.6 is 0 Å². The second kappa shape index (κ2) is 5.85. The monoisotopic (exact) mass is 170 g/mol. The Kier molecular flexibility index (Phi) is 4.93. The van der Waals surface area contributed by atoms with Gasteiger partial charge < -0.3 is 16.8 Å². The fraction of sp³-hybridized carbons (Fsp3) is 0.333. The normalized spacial score (nSPS) is 7.67. The van der Waals surface area contributed by atoms with Crippen LogP contribution in [0.5, 0.6) is 0 Å². The molecule has 6 nitrogen and oxygen atoms in total. The molecule has 0 atom stereocenters. The van der Waals surface area contributed by atoms with E-state index < -0.39 is 12.1 Å². The quantitative estimate of drug-likeness (QED) is 0.234. The van der Waals surface area contributed by atoms with E-state index >= 15 is 0 Å². The predicted molar refractivity (Wildman–Crippen MR) is 42.7 cm³/mol. The first-order valence-electron chi connectivity index (χ1n) is 3.19. The number of nitrogens with one attached hydrogen (secondary N) is 2. The molecule has 0 heterocycles. The van der Waals surface area contributed by atoms with Crippen LogP contribution in [0.15, 0.2) is 0 Å². The van der Waals surface area contributed by atoms with Crippen LogP contribution in [0.25, 0.3) is 0 Å². The summed E-state index contributed by atoms with van der Waals surface area (Å²) in [7, 11) is 0. The van der Waals surface area contributed by atoms with Gasteiger partial charge in [0, 0.05) is 19.0 Å². The van der Waals surface area contributed by atoms with E-state index in [9.17, 15) is 9.59 Å². The topological polar surface area (TPSA) is 110 Å². The molecule has 0 fully saturated rings. The van der Waals surface area contributed by atoms with Crippen LogP contribution in [0.4, 0.5) is 9.59 Å².